The number of nitrogens with one attached hydrogen (secondary N) is 2. The van der Waals surface area contributed by atoms with Gasteiger partial charge in [-0.1, -0.05) is 143 Å². The number of anilines is 2. The Labute approximate surface area is 276 Å². The van der Waals surface area contributed by atoms with Gasteiger partial charge in [-0.05, 0) is 36.8 Å². The van der Waals surface area contributed by atoms with E-state index in [0.29, 0.717) is 39.4 Å². The Kier molecular flexibility index (Phi) is 16.0. The van der Waals surface area contributed by atoms with Crippen LogP contribution in [0.5, 0.6) is 0 Å². The monoisotopic (exact) mass is 668 g/mol. The number of carbonyl (C=O) groups excluding carboxylic acids is 2. The molecule has 43 heavy (non-hydrogen) atoms. The largest absolute Gasteiger partial charge is 0.326 e. The number of hydrogen-bond donors (Lipinski definition) is 2. The molecule has 0 unspecified atom stereocenters. The molecule has 0 atom stereocenters. The molecule has 3 rings (SSSR count). The Hall–Kier alpha value is -1.99. The third-order valence-corrected chi connectivity index (χ3v) is 8.62. The van der Waals surface area contributed by atoms with Crippen LogP contribution < -0.4 is 15.8 Å². The Morgan fingerprint density at radius 2 is 1.33 bits per heavy atom. The van der Waals surface area contributed by atoms with Crippen LogP contribution in [-0.2, 0) is 9.59 Å². The predicted octanol–water partition coefficient (Wildman–Crippen LogP) is 11.5. The van der Waals surface area contributed by atoms with Gasteiger partial charge in [0.15, 0.2) is 0 Å². The molecule has 2 aromatic carbocycles. The molecule has 1 aliphatic rings. The van der Waals surface area contributed by atoms with Gasteiger partial charge in [0.25, 0.3) is 5.91 Å². The lowest BCUT2D eigenvalue weighted by Crippen LogP contribution is -2.36. The zero-order valence-electron chi connectivity index (χ0n) is 25.1. The van der Waals surface area contributed by atoms with Crippen molar-refractivity contribution in [2.24, 2.45) is 4.99 Å². The highest BCUT2D eigenvalue weighted by Crippen LogP contribution is 2.37. The summed E-state index contributed by atoms with van der Waals surface area (Å²) in [6.45, 7) is 2.26. The Morgan fingerprint density at radius 3 is 1.88 bits per heavy atom. The van der Waals surface area contributed by atoms with Crippen molar-refractivity contribution in [2.45, 2.75) is 116 Å². The molecule has 0 saturated carbocycles. The first-order valence-corrected chi connectivity index (χ1v) is 17.2. The van der Waals surface area contributed by atoms with Gasteiger partial charge >= 0.3 is 0 Å². The van der Waals surface area contributed by atoms with E-state index in [1.165, 1.54) is 101 Å². The number of rotatable bonds is 19. The first-order chi connectivity index (χ1) is 20.8. The van der Waals surface area contributed by atoms with Gasteiger partial charge in [-0.25, -0.2) is 10.0 Å². The van der Waals surface area contributed by atoms with E-state index in [0.717, 1.165) is 12.8 Å². The van der Waals surface area contributed by atoms with Crippen LogP contribution >= 0.6 is 46.4 Å². The summed E-state index contributed by atoms with van der Waals surface area (Å²) in [5.41, 5.74) is 4.27. The van der Waals surface area contributed by atoms with Crippen molar-refractivity contribution in [2.75, 3.05) is 10.3 Å². The normalized spacial score (nSPS) is 14.0. The van der Waals surface area contributed by atoms with Gasteiger partial charge in [-0.15, -0.1) is 0 Å². The number of amidine groups is 1. The molecule has 10 heteroatoms. The maximum Gasteiger partial charge on any atom is 0.253 e. The average Bonchev–Trinajstić information content (AvgIpc) is 3.31. The molecule has 1 aliphatic heterocycles. The Balaban J connectivity index is 1.34. The van der Waals surface area contributed by atoms with E-state index < -0.39 is 0 Å². The van der Waals surface area contributed by atoms with Crippen LogP contribution in [0.25, 0.3) is 0 Å². The SMILES string of the molecule is CCCCCCCCCCCCCCCCCC(=O)Nc1ccc(Cl)c(N=C2CC(=O)N(c3c(Cl)cc(Cl)cc3Cl)N2)c1. The van der Waals surface area contributed by atoms with Gasteiger partial charge in [0.1, 0.15) is 11.5 Å². The fraction of sp³-hybridized carbons (Fsp3) is 0.545. The second kappa shape index (κ2) is 19.4. The van der Waals surface area contributed by atoms with Gasteiger partial charge in [-0.3, -0.25) is 15.0 Å². The van der Waals surface area contributed by atoms with Gasteiger partial charge in [0.05, 0.1) is 27.2 Å². The molecule has 1 fully saturated rings. The van der Waals surface area contributed by atoms with E-state index in [4.69, 9.17) is 46.4 Å². The standard InChI is InChI=1S/C33H44Cl4N4O2/c1-2-3-4-5-6-7-8-9-10-11-12-13-14-15-16-17-31(42)38-25-18-19-26(35)29(22-25)39-30-23-32(43)41(40-30)33-27(36)20-24(34)21-28(33)37/h18-22H,2-17,23H2,1H3,(H,38,42)(H,39,40). The molecule has 1 saturated heterocycles. The highest BCUT2D eigenvalue weighted by Gasteiger charge is 2.30. The second-order valence-corrected chi connectivity index (χ2v) is 12.9. The van der Waals surface area contributed by atoms with Crippen molar-refractivity contribution in [3.8, 4) is 0 Å². The van der Waals surface area contributed by atoms with Crippen molar-refractivity contribution in [1.29, 1.82) is 0 Å². The van der Waals surface area contributed by atoms with E-state index in [1.54, 1.807) is 18.2 Å². The summed E-state index contributed by atoms with van der Waals surface area (Å²) < 4.78 is 0. The molecule has 0 bridgehead atoms. The molecule has 2 N–H and O–H groups in total. The number of unbranched alkanes of at least 4 members (excludes halogenated alkanes) is 14. The number of halogens is 4. The van der Waals surface area contributed by atoms with E-state index in [-0.39, 0.29) is 28.3 Å². The average molecular weight is 671 g/mol. The summed E-state index contributed by atoms with van der Waals surface area (Å²) in [5, 5.41) is 5.41. The van der Waals surface area contributed by atoms with Crippen LogP contribution in [0.15, 0.2) is 35.3 Å². The highest BCUT2D eigenvalue weighted by molar-refractivity contribution is 6.42. The summed E-state index contributed by atoms with van der Waals surface area (Å²) in [5.74, 6) is 0.0483. The summed E-state index contributed by atoms with van der Waals surface area (Å²) in [6, 6.07) is 8.12. The molecule has 0 spiro atoms. The van der Waals surface area contributed by atoms with E-state index in [2.05, 4.69) is 22.7 Å². The minimum Gasteiger partial charge on any atom is -0.326 e. The lowest BCUT2D eigenvalue weighted by molar-refractivity contribution is -0.117. The van der Waals surface area contributed by atoms with Gasteiger partial charge < -0.3 is 5.32 Å². The minimum absolute atomic E-state index is 0.00138. The number of nitrogens with zero attached hydrogens (tertiary/aromatic N) is 2. The molecule has 6 nitrogen and oxygen atoms in total. The summed E-state index contributed by atoms with van der Waals surface area (Å²) in [6.07, 6.45) is 19.8. The van der Waals surface area contributed by atoms with Gasteiger partial charge in [-0.2, -0.15) is 0 Å². The van der Waals surface area contributed by atoms with Gasteiger partial charge in [0.2, 0.25) is 5.91 Å². The van der Waals surface area contributed by atoms with Crippen LogP contribution in [0.4, 0.5) is 17.1 Å². The zero-order chi connectivity index (χ0) is 31.0. The van der Waals surface area contributed by atoms with Crippen molar-refractivity contribution in [1.82, 2.24) is 5.43 Å². The molecule has 2 amide bonds. The number of carbonyl (C=O) groups is 2. The number of aliphatic imine (C=N–C) groups is 1. The lowest BCUT2D eigenvalue weighted by Gasteiger charge is -2.19. The molecule has 0 aliphatic carbocycles. The van der Waals surface area contributed by atoms with Crippen molar-refractivity contribution in [3.05, 3.63) is 50.4 Å². The number of hydrazine groups is 1. The van der Waals surface area contributed by atoms with Crippen LogP contribution in [0.1, 0.15) is 116 Å². The van der Waals surface area contributed by atoms with Crippen LogP contribution in [0.3, 0.4) is 0 Å². The van der Waals surface area contributed by atoms with Gasteiger partial charge in [0, 0.05) is 17.1 Å². The van der Waals surface area contributed by atoms with Crippen LogP contribution in [0, 0.1) is 0 Å². The zero-order valence-corrected chi connectivity index (χ0v) is 28.2. The molecular formula is C33H44Cl4N4O2. The van der Waals surface area contributed by atoms with E-state index in [9.17, 15) is 9.59 Å². The molecule has 0 radical (unpaired) electrons. The summed E-state index contributed by atoms with van der Waals surface area (Å²) in [4.78, 5) is 29.7. The van der Waals surface area contributed by atoms with Crippen molar-refractivity contribution in [3.63, 3.8) is 0 Å². The third-order valence-electron chi connectivity index (χ3n) is 7.51. The Bertz CT molecular complexity index is 1210. The van der Waals surface area contributed by atoms with Crippen LogP contribution in [-0.4, -0.2) is 17.6 Å². The molecule has 0 aromatic heterocycles. The fourth-order valence-electron chi connectivity index (χ4n) is 5.15. The van der Waals surface area contributed by atoms with Crippen LogP contribution in [0.2, 0.25) is 20.1 Å². The first kappa shape index (κ1) is 35.5. The fourth-order valence-corrected chi connectivity index (χ4v) is 6.29. The topological polar surface area (TPSA) is 73.8 Å². The highest BCUT2D eigenvalue weighted by atomic mass is 35.5. The minimum atomic E-state index is -0.283. The van der Waals surface area contributed by atoms with E-state index in [1.807, 2.05) is 0 Å². The molecule has 236 valence electrons. The maximum atomic E-state index is 12.7. The summed E-state index contributed by atoms with van der Waals surface area (Å²) in [7, 11) is 0. The quantitative estimate of drug-likeness (QED) is 0.146. The molecule has 1 heterocycles. The number of benzene rings is 2. The first-order valence-electron chi connectivity index (χ1n) is 15.7. The Morgan fingerprint density at radius 1 is 0.791 bits per heavy atom. The van der Waals surface area contributed by atoms with Crippen molar-refractivity contribution < 1.29 is 9.59 Å². The predicted molar refractivity (Wildman–Crippen MR) is 183 cm³/mol. The van der Waals surface area contributed by atoms with E-state index >= 15 is 0 Å². The lowest BCUT2D eigenvalue weighted by atomic mass is 10.0. The summed E-state index contributed by atoms with van der Waals surface area (Å²) >= 11 is 24.9. The number of hydrogen-bond acceptors (Lipinski definition) is 3. The third kappa shape index (κ3) is 12.5. The second-order valence-electron chi connectivity index (χ2n) is 11.2. The van der Waals surface area contributed by atoms with Crippen molar-refractivity contribution >= 4 is 81.1 Å². The number of amides is 2. The molecule has 2 aromatic rings. The smallest absolute Gasteiger partial charge is 0.253 e. The maximum absolute atomic E-state index is 12.7. The molecular weight excluding hydrogens is 626 g/mol.